The highest BCUT2D eigenvalue weighted by Crippen LogP contribution is 2.75. The summed E-state index contributed by atoms with van der Waals surface area (Å²) in [6.07, 6.45) is -33.6. The lowest BCUT2D eigenvalue weighted by molar-refractivity contribution is -0.380. The maximum atomic E-state index is 12.8. The lowest BCUT2D eigenvalue weighted by Crippen LogP contribution is -2.65. The first-order valence-corrected chi connectivity index (χ1v) is 31.9. The van der Waals surface area contributed by atoms with E-state index in [4.69, 9.17) is 47.4 Å². The Morgan fingerprint density at radius 1 is 0.539 bits per heavy atom. The monoisotopic (exact) mass is 1280 g/mol. The third-order valence-corrected chi connectivity index (χ3v) is 23.3. The maximum absolute atomic E-state index is 12.8. The van der Waals surface area contributed by atoms with Gasteiger partial charge in [0.25, 0.3) is 0 Å². The molecule has 5 saturated heterocycles. The van der Waals surface area contributed by atoms with Crippen molar-refractivity contribution in [3.63, 3.8) is 0 Å². The van der Waals surface area contributed by atoms with Crippen molar-refractivity contribution in [1.29, 1.82) is 0 Å². The smallest absolute Gasteiger partial charge is 0.187 e. The Hall–Kier alpha value is -1.38. The Bertz CT molecular complexity index is 2340. The molecule has 0 aromatic carbocycles. The molecule has 4 aliphatic carbocycles. The van der Waals surface area contributed by atoms with E-state index in [0.717, 1.165) is 18.4 Å². The van der Waals surface area contributed by atoms with Gasteiger partial charge in [-0.15, -0.1) is 0 Å². The van der Waals surface area contributed by atoms with Crippen LogP contribution in [0.25, 0.3) is 0 Å². The van der Waals surface area contributed by atoms with E-state index in [1.807, 2.05) is 13.8 Å². The van der Waals surface area contributed by atoms with Gasteiger partial charge < -0.3 is 139 Å². The van der Waals surface area contributed by atoms with Gasteiger partial charge in [-0.25, -0.2) is 0 Å². The largest absolute Gasteiger partial charge is 0.394 e. The zero-order valence-electron chi connectivity index (χ0n) is 52.4. The molecule has 9 aliphatic rings. The second kappa shape index (κ2) is 27.6. The van der Waals surface area contributed by atoms with Crippen LogP contribution in [-0.4, -0.2) is 296 Å². The topological polar surface area (TPSA) is 456 Å². The van der Waals surface area contributed by atoms with Crippen LogP contribution in [0, 0.1) is 51.2 Å². The Morgan fingerprint density at radius 3 is 1.56 bits per heavy atom. The van der Waals surface area contributed by atoms with E-state index >= 15 is 0 Å². The highest BCUT2D eigenvalue weighted by atomic mass is 16.8. The maximum Gasteiger partial charge on any atom is 0.187 e. The average molecular weight is 1290 g/mol. The van der Waals surface area contributed by atoms with Gasteiger partial charge in [0.2, 0.25) is 0 Å². The number of fused-ring (bicyclic) bond motifs is 5. The summed E-state index contributed by atoms with van der Waals surface area (Å²) in [5.74, 6) is -0.760. The molecule has 0 bridgehead atoms. The summed E-state index contributed by atoms with van der Waals surface area (Å²) in [6.45, 7) is 14.5. The fourth-order valence-corrected chi connectivity index (χ4v) is 17.2. The van der Waals surface area contributed by atoms with Crippen molar-refractivity contribution in [2.24, 2.45) is 51.2 Å². The van der Waals surface area contributed by atoms with Crippen molar-refractivity contribution in [3.05, 3.63) is 11.6 Å². The van der Waals surface area contributed by atoms with Crippen molar-refractivity contribution >= 4 is 0 Å². The molecular formula is C61H104O28. The van der Waals surface area contributed by atoms with Crippen molar-refractivity contribution in [2.45, 2.75) is 285 Å². The average Bonchev–Trinajstić information content (AvgIpc) is 1.66. The summed E-state index contributed by atoms with van der Waals surface area (Å²) in [6, 6.07) is 0. The molecule has 3 unspecified atom stereocenters. The number of allylic oxidation sites excluding steroid dienone is 1. The van der Waals surface area contributed by atoms with Gasteiger partial charge in [-0.1, -0.05) is 60.1 Å². The van der Waals surface area contributed by atoms with Crippen LogP contribution in [0.2, 0.25) is 0 Å². The predicted octanol–water partition coefficient (Wildman–Crippen LogP) is -4.13. The molecule has 18 N–H and O–H groups in total. The Balaban J connectivity index is 0.883. The van der Waals surface area contributed by atoms with Gasteiger partial charge in [0.15, 0.2) is 31.5 Å². The third kappa shape index (κ3) is 13.1. The van der Waals surface area contributed by atoms with Crippen LogP contribution >= 0.6 is 0 Å². The van der Waals surface area contributed by atoms with Gasteiger partial charge >= 0.3 is 0 Å². The van der Waals surface area contributed by atoms with Crippen molar-refractivity contribution in [2.75, 3.05) is 33.0 Å². The highest BCUT2D eigenvalue weighted by molar-refractivity contribution is 5.32. The molecule has 3 saturated carbocycles. The molecule has 516 valence electrons. The molecule has 5 aliphatic heterocycles. The first-order chi connectivity index (χ1) is 41.6. The summed E-state index contributed by atoms with van der Waals surface area (Å²) in [5.41, 5.74) is -2.40. The molecule has 28 heteroatoms. The van der Waals surface area contributed by atoms with E-state index in [-0.39, 0.29) is 40.9 Å². The fraction of sp³-hybridized carbons (Fsp3) is 0.967. The Morgan fingerprint density at radius 2 is 1.01 bits per heavy atom. The molecule has 0 aromatic rings. The fourth-order valence-electron chi connectivity index (χ4n) is 17.2. The van der Waals surface area contributed by atoms with E-state index in [9.17, 15) is 91.9 Å². The van der Waals surface area contributed by atoms with E-state index < -0.39 is 221 Å². The minimum Gasteiger partial charge on any atom is -0.394 e. The zero-order valence-corrected chi connectivity index (χ0v) is 52.4. The minimum atomic E-state index is -1.93. The number of aliphatic hydroxyl groups is 18. The Labute approximate surface area is 518 Å². The molecule has 0 radical (unpaired) electrons. The van der Waals surface area contributed by atoms with Crippen LogP contribution in [0.1, 0.15) is 114 Å². The summed E-state index contributed by atoms with van der Waals surface area (Å²) in [5, 5.41) is 195. The second-order valence-corrected chi connectivity index (χ2v) is 29.1. The van der Waals surface area contributed by atoms with Crippen molar-refractivity contribution in [1.82, 2.24) is 0 Å². The van der Waals surface area contributed by atoms with Gasteiger partial charge in [0.05, 0.1) is 63.1 Å². The van der Waals surface area contributed by atoms with Crippen molar-refractivity contribution < 1.29 is 139 Å². The van der Waals surface area contributed by atoms with Crippen LogP contribution in [-0.2, 0) is 47.4 Å². The van der Waals surface area contributed by atoms with Gasteiger partial charge in [0.1, 0.15) is 110 Å². The number of hydrogen-bond donors (Lipinski definition) is 18. The van der Waals surface area contributed by atoms with E-state index in [2.05, 4.69) is 33.8 Å². The van der Waals surface area contributed by atoms with Crippen LogP contribution in [0.4, 0.5) is 0 Å². The number of hydrogen-bond acceptors (Lipinski definition) is 28. The summed E-state index contributed by atoms with van der Waals surface area (Å²) in [7, 11) is 0. The molecule has 0 spiro atoms. The minimum absolute atomic E-state index is 0.0171. The molecule has 35 atom stereocenters. The third-order valence-electron chi connectivity index (χ3n) is 23.3. The molecule has 28 nitrogen and oxygen atoms in total. The van der Waals surface area contributed by atoms with E-state index in [1.54, 1.807) is 0 Å². The lowest BCUT2D eigenvalue weighted by atomic mass is 9.38. The quantitative estimate of drug-likeness (QED) is 0.0515. The number of rotatable bonds is 20. The highest BCUT2D eigenvalue weighted by Gasteiger charge is 2.70. The molecular weight excluding hydrogens is 1180 g/mol. The van der Waals surface area contributed by atoms with Gasteiger partial charge in [-0.3, -0.25) is 0 Å². The second-order valence-electron chi connectivity index (χ2n) is 29.1. The standard InChI is InChI=1S/C61H104O28/c1-24(10-14-37(58(5,6)79)88-56-51(89-55-50(78)45(73)41(69)31(21-64)84-55)47(75)43(71)33(86-56)23-80-52-39(67)25(2)38(66)29(19-62)82-52)26-16-17-59(7)34-13-11-27-28(61(34,9)35(65)18-60(26,59)8)12-15-36(57(27,3)4)87-54-49(77)46(74)42(70)32(85-54)22-81-53-48(76)44(72)40(68)30(20-63)83-53/h11,24-26,28-56,62-79H,10,12-23H2,1-9H3/t24-,25+,26?,28?,29-,30-,31-,32-,33-,34?,35-,36+,37-,38+,39-,40-,41-,42-,43-,44+,45+,46+,47+,48-,49-,50-,51-,52+,53+,54+,55+,56+,59+,60-,61+/m1/s1. The predicted molar refractivity (Wildman–Crippen MR) is 303 cm³/mol. The van der Waals surface area contributed by atoms with E-state index in [0.29, 0.717) is 32.1 Å². The van der Waals surface area contributed by atoms with Crippen LogP contribution in [0.3, 0.4) is 0 Å². The van der Waals surface area contributed by atoms with Crippen LogP contribution in [0.5, 0.6) is 0 Å². The Kier molecular flexibility index (Phi) is 22.3. The lowest BCUT2D eigenvalue weighted by Gasteiger charge is -2.67. The van der Waals surface area contributed by atoms with Crippen LogP contribution < -0.4 is 0 Å². The summed E-state index contributed by atoms with van der Waals surface area (Å²) >= 11 is 0. The first kappa shape index (κ1) is 71.9. The van der Waals surface area contributed by atoms with E-state index in [1.165, 1.54) is 20.8 Å². The molecule has 89 heavy (non-hydrogen) atoms. The van der Waals surface area contributed by atoms with Gasteiger partial charge in [-0.05, 0) is 99.7 Å². The molecule has 9 rings (SSSR count). The van der Waals surface area contributed by atoms with Crippen molar-refractivity contribution in [3.8, 4) is 0 Å². The van der Waals surface area contributed by atoms with Gasteiger partial charge in [-0.2, -0.15) is 0 Å². The number of aliphatic hydroxyl groups excluding tert-OH is 17. The SMILES string of the molecule is C[C@@H]1[C@@H](O)[C@@H](OC[C@H]2O[C@@H](O[C@H](CC[C@@H](C)C3CC[C@@]4(C)C5CC=C6C(CC[C@H](O[C@@H]7O[C@H](CO[C@H]8O[C@H](CO)[C@@H](O)[C@H](O)[C@H]8O)[C@@H](O)[C@H](O)[C@H]7O)C6(C)C)[C@]5(C)[C@H](O)C[C@]34C)C(C)(C)O)[C@H](O[C@@H]3O[C@H](CO)[C@@H](O)[C@H](O)[C@H]3O)[C@@H](O)[C@@H]2O)O[C@H](CO)[C@H]1O. The molecule has 5 heterocycles. The normalized spacial score (nSPS) is 51.8. The molecule has 0 amide bonds. The van der Waals surface area contributed by atoms with Gasteiger partial charge in [0, 0.05) is 16.7 Å². The zero-order chi connectivity index (χ0) is 65.5. The first-order valence-electron chi connectivity index (χ1n) is 31.9. The molecule has 0 aromatic heterocycles. The molecule has 8 fully saturated rings. The number of ether oxygens (including phenoxy) is 10. The van der Waals surface area contributed by atoms with Crippen LogP contribution in [0.15, 0.2) is 11.6 Å². The summed E-state index contributed by atoms with van der Waals surface area (Å²) in [4.78, 5) is 0. The summed E-state index contributed by atoms with van der Waals surface area (Å²) < 4.78 is 59.8.